The molecule has 0 aliphatic rings. The molecule has 1 N–H and O–H groups in total. The van der Waals surface area contributed by atoms with E-state index in [0.717, 1.165) is 64.2 Å². The van der Waals surface area contributed by atoms with E-state index in [1.807, 2.05) is 21.1 Å². The average molecular weight is 842 g/mol. The Balaban J connectivity index is 2.47. The molecular formula is C50H85N2O6S+. The van der Waals surface area contributed by atoms with E-state index >= 15 is 0 Å². The second kappa shape index (κ2) is 35.6. The summed E-state index contributed by atoms with van der Waals surface area (Å²) in [6.07, 6.45) is 48.7. The Morgan fingerprint density at radius 1 is 0.593 bits per heavy atom. The standard InChI is InChI=1S/C50H84N2O6S/c1-6-8-10-12-14-16-18-20-22-24-26-28-30-32-34-36-38-47(39-37-35-33-31-29-27-25-23-21-19-17-15-13-11-9-7-2)58-50(54)45-57-46-40-42-48(43-41-46)59(55,56)51-49(53)44-52(3,4)5/h14-17,20-23,40-43,47H,6-13,18-19,24-39,44-45H2,1-5H3/p+1/b16-14-,17-15-,22-20-,23-21-. The molecule has 0 aromatic heterocycles. The highest BCUT2D eigenvalue weighted by Gasteiger charge is 2.22. The molecule has 8 nitrogen and oxygen atoms in total. The van der Waals surface area contributed by atoms with Gasteiger partial charge in [-0.15, -0.1) is 0 Å². The number of amides is 1. The molecule has 0 spiro atoms. The van der Waals surface area contributed by atoms with E-state index < -0.39 is 21.9 Å². The fraction of sp³-hybridized carbons (Fsp3) is 0.680. The van der Waals surface area contributed by atoms with Gasteiger partial charge in [0.25, 0.3) is 15.9 Å². The average Bonchev–Trinajstić information content (AvgIpc) is 3.18. The van der Waals surface area contributed by atoms with Crippen LogP contribution in [-0.2, 0) is 24.3 Å². The SMILES string of the molecule is CCCCC/C=C\C/C=C\CCCCCCCCC(CCCCCCCC/C=C\C/C=C\CCCCC)OC(=O)COc1ccc(S(=O)(=O)NC(=O)C[N+](C)(C)C)cc1. The van der Waals surface area contributed by atoms with Gasteiger partial charge in [-0.2, -0.15) is 0 Å². The Kier molecular flexibility index (Phi) is 32.5. The molecule has 0 saturated carbocycles. The number of benzene rings is 1. The molecule has 0 bridgehead atoms. The highest BCUT2D eigenvalue weighted by atomic mass is 32.2. The van der Waals surface area contributed by atoms with E-state index in [4.69, 9.17) is 9.47 Å². The Morgan fingerprint density at radius 3 is 1.42 bits per heavy atom. The van der Waals surface area contributed by atoms with Gasteiger partial charge in [0.15, 0.2) is 13.2 Å². The third-order valence-corrected chi connectivity index (χ3v) is 11.5. The first-order valence-corrected chi connectivity index (χ1v) is 24.8. The third kappa shape index (κ3) is 33.3. The Bertz CT molecular complexity index is 1380. The summed E-state index contributed by atoms with van der Waals surface area (Å²) in [7, 11) is 1.41. The van der Waals surface area contributed by atoms with E-state index in [1.54, 1.807) is 0 Å². The first kappa shape index (κ1) is 53.8. The lowest BCUT2D eigenvalue weighted by Gasteiger charge is -2.22. The lowest BCUT2D eigenvalue weighted by Crippen LogP contribution is -2.45. The van der Waals surface area contributed by atoms with Gasteiger partial charge in [0.05, 0.1) is 26.0 Å². The molecule has 0 atom stereocenters. The van der Waals surface area contributed by atoms with Gasteiger partial charge in [0.1, 0.15) is 11.9 Å². The van der Waals surface area contributed by atoms with Crippen molar-refractivity contribution in [2.45, 2.75) is 192 Å². The first-order valence-electron chi connectivity index (χ1n) is 23.3. The van der Waals surface area contributed by atoms with Crippen molar-refractivity contribution in [3.05, 3.63) is 72.9 Å². The van der Waals surface area contributed by atoms with E-state index in [1.165, 1.54) is 127 Å². The normalized spacial score (nSPS) is 12.5. The van der Waals surface area contributed by atoms with Crippen LogP contribution in [0.2, 0.25) is 0 Å². The van der Waals surface area contributed by atoms with Gasteiger partial charge < -0.3 is 14.0 Å². The zero-order valence-electron chi connectivity index (χ0n) is 38.1. The van der Waals surface area contributed by atoms with Crippen LogP contribution in [0.25, 0.3) is 0 Å². The molecule has 0 fully saturated rings. The summed E-state index contributed by atoms with van der Waals surface area (Å²) in [5.41, 5.74) is 0. The van der Waals surface area contributed by atoms with Crippen LogP contribution in [0.15, 0.2) is 77.8 Å². The molecule has 1 aromatic carbocycles. The topological polar surface area (TPSA) is 98.8 Å². The number of likely N-dealkylation sites (N-methyl/N-ethyl adjacent to an activating group) is 1. The van der Waals surface area contributed by atoms with Crippen LogP contribution in [0.5, 0.6) is 5.75 Å². The summed E-state index contributed by atoms with van der Waals surface area (Å²) in [5, 5.41) is 0. The number of unbranched alkanes of at least 4 members (excludes halogenated alkanes) is 18. The minimum Gasteiger partial charge on any atom is -0.482 e. The number of hydrogen-bond donors (Lipinski definition) is 1. The van der Waals surface area contributed by atoms with Crippen LogP contribution in [0.4, 0.5) is 0 Å². The molecule has 0 unspecified atom stereocenters. The fourth-order valence-corrected chi connectivity index (χ4v) is 7.71. The number of rotatable bonds is 38. The number of carbonyl (C=O) groups is 2. The molecule has 1 aromatic rings. The second-order valence-corrected chi connectivity index (χ2v) is 18.8. The number of quaternary nitrogens is 1. The van der Waals surface area contributed by atoms with E-state index in [-0.39, 0.29) is 24.2 Å². The number of sulfonamides is 1. The van der Waals surface area contributed by atoms with E-state index in [0.29, 0.717) is 10.2 Å². The Labute approximate surface area is 362 Å². The summed E-state index contributed by atoms with van der Waals surface area (Å²) in [6, 6.07) is 5.69. The lowest BCUT2D eigenvalue weighted by atomic mass is 10.0. The summed E-state index contributed by atoms with van der Waals surface area (Å²) in [5.74, 6) is -0.647. The molecule has 59 heavy (non-hydrogen) atoms. The minimum absolute atomic E-state index is 0.0232. The predicted octanol–water partition coefficient (Wildman–Crippen LogP) is 12.9. The molecule has 9 heteroatoms. The van der Waals surface area contributed by atoms with Gasteiger partial charge in [0.2, 0.25) is 0 Å². The number of esters is 1. The van der Waals surface area contributed by atoms with Gasteiger partial charge in [-0.05, 0) is 114 Å². The van der Waals surface area contributed by atoms with Crippen LogP contribution in [0.1, 0.15) is 181 Å². The molecule has 0 radical (unpaired) electrons. The molecular weight excluding hydrogens is 757 g/mol. The van der Waals surface area contributed by atoms with E-state index in [9.17, 15) is 18.0 Å². The summed E-state index contributed by atoms with van der Waals surface area (Å²) >= 11 is 0. The molecule has 336 valence electrons. The highest BCUT2D eigenvalue weighted by Crippen LogP contribution is 2.19. The Hall–Kier alpha value is -3.17. The van der Waals surface area contributed by atoms with Crippen molar-refractivity contribution in [1.29, 1.82) is 0 Å². The quantitative estimate of drug-likeness (QED) is 0.0308. The predicted molar refractivity (Wildman–Crippen MR) is 248 cm³/mol. The third-order valence-electron chi connectivity index (χ3n) is 10.1. The van der Waals surface area contributed by atoms with Crippen molar-refractivity contribution in [2.24, 2.45) is 0 Å². The maximum absolute atomic E-state index is 12.9. The molecule has 0 aliphatic heterocycles. The smallest absolute Gasteiger partial charge is 0.344 e. The van der Waals surface area contributed by atoms with Crippen molar-refractivity contribution in [2.75, 3.05) is 34.3 Å². The maximum Gasteiger partial charge on any atom is 0.344 e. The fourth-order valence-electron chi connectivity index (χ4n) is 6.73. The number of ether oxygens (including phenoxy) is 2. The maximum atomic E-state index is 12.9. The zero-order valence-corrected chi connectivity index (χ0v) is 38.9. The molecule has 0 saturated heterocycles. The minimum atomic E-state index is -4.02. The van der Waals surface area contributed by atoms with Gasteiger partial charge >= 0.3 is 5.97 Å². The van der Waals surface area contributed by atoms with Gasteiger partial charge in [-0.1, -0.05) is 140 Å². The van der Waals surface area contributed by atoms with Gasteiger partial charge in [0, 0.05) is 0 Å². The number of hydrogen-bond acceptors (Lipinski definition) is 6. The second-order valence-electron chi connectivity index (χ2n) is 17.1. The molecule has 0 heterocycles. The Morgan fingerprint density at radius 2 is 1.00 bits per heavy atom. The van der Waals surface area contributed by atoms with Crippen LogP contribution < -0.4 is 9.46 Å². The summed E-state index contributed by atoms with van der Waals surface area (Å²) in [4.78, 5) is 25.1. The largest absolute Gasteiger partial charge is 0.482 e. The zero-order chi connectivity index (χ0) is 43.3. The van der Waals surface area contributed by atoms with Gasteiger partial charge in [-0.25, -0.2) is 17.9 Å². The summed E-state index contributed by atoms with van der Waals surface area (Å²) < 4.78 is 39.4. The number of nitrogens with zero attached hydrogens (tertiary/aromatic N) is 1. The number of carbonyl (C=O) groups excluding carboxylic acids is 2. The molecule has 0 aliphatic carbocycles. The van der Waals surface area contributed by atoms with Crippen LogP contribution >= 0.6 is 0 Å². The van der Waals surface area contributed by atoms with Crippen LogP contribution in [-0.4, -0.2) is 65.2 Å². The van der Waals surface area contributed by atoms with Gasteiger partial charge in [-0.3, -0.25) is 4.79 Å². The highest BCUT2D eigenvalue weighted by molar-refractivity contribution is 7.90. The molecule has 1 amide bonds. The first-order chi connectivity index (χ1) is 28.5. The number of nitrogens with one attached hydrogen (secondary N) is 1. The lowest BCUT2D eigenvalue weighted by molar-refractivity contribution is -0.862. The van der Waals surface area contributed by atoms with Crippen molar-refractivity contribution in [3.63, 3.8) is 0 Å². The van der Waals surface area contributed by atoms with E-state index in [2.05, 4.69) is 67.2 Å². The summed E-state index contributed by atoms with van der Waals surface area (Å²) in [6.45, 7) is 4.25. The van der Waals surface area contributed by atoms with Crippen molar-refractivity contribution < 1.29 is 32.0 Å². The monoisotopic (exact) mass is 842 g/mol. The molecule has 1 rings (SSSR count). The van der Waals surface area contributed by atoms with Crippen LogP contribution in [0, 0.1) is 0 Å². The van der Waals surface area contributed by atoms with Crippen molar-refractivity contribution >= 4 is 21.9 Å². The van der Waals surface area contributed by atoms with Crippen molar-refractivity contribution in [1.82, 2.24) is 4.72 Å². The number of allylic oxidation sites excluding steroid dienone is 8. The van der Waals surface area contributed by atoms with Crippen molar-refractivity contribution in [3.8, 4) is 5.75 Å². The van der Waals surface area contributed by atoms with Crippen LogP contribution in [0.3, 0.4) is 0 Å².